The van der Waals surface area contributed by atoms with Crippen molar-refractivity contribution in [1.29, 1.82) is 0 Å². The second-order valence-corrected chi connectivity index (χ2v) is 10.8. The second-order valence-electron chi connectivity index (χ2n) is 10.8. The summed E-state index contributed by atoms with van der Waals surface area (Å²) in [5.74, 6) is -0.168. The van der Waals surface area contributed by atoms with Crippen LogP contribution in [0.1, 0.15) is 155 Å². The Morgan fingerprint density at radius 2 is 1.00 bits per heavy atom. The lowest BCUT2D eigenvalue weighted by molar-refractivity contribution is -0.122. The molecule has 2 unspecified atom stereocenters. The van der Waals surface area contributed by atoms with Gasteiger partial charge in [0.25, 0.3) is 0 Å². The predicted octanol–water partition coefficient (Wildman–Crippen LogP) is 9.12. The van der Waals surface area contributed by atoms with Crippen LogP contribution in [0.2, 0.25) is 0 Å². The summed E-state index contributed by atoms with van der Waals surface area (Å²) >= 11 is 0. The summed E-state index contributed by atoms with van der Waals surface area (Å²) in [6, 6.07) is -0.639. The summed E-state index contributed by atoms with van der Waals surface area (Å²) in [6.07, 6.45) is 40.0. The predicted molar refractivity (Wildman–Crippen MR) is 165 cm³/mol. The van der Waals surface area contributed by atoms with E-state index in [1.807, 2.05) is 6.08 Å². The average Bonchev–Trinajstić information content (AvgIpc) is 2.93. The Kier molecular flexibility index (Phi) is 29.1. The Balaban J connectivity index is 3.43. The van der Waals surface area contributed by atoms with E-state index in [9.17, 15) is 15.0 Å². The van der Waals surface area contributed by atoms with E-state index >= 15 is 0 Å². The van der Waals surface area contributed by atoms with Gasteiger partial charge in [-0.15, -0.1) is 0 Å². The van der Waals surface area contributed by atoms with E-state index in [1.165, 1.54) is 109 Å². The third kappa shape index (κ3) is 26.2. The molecule has 0 fully saturated rings. The highest BCUT2D eigenvalue weighted by Crippen LogP contribution is 2.14. The monoisotopic (exact) mass is 533 g/mol. The molecule has 0 aromatic heterocycles. The number of rotatable bonds is 28. The highest BCUT2D eigenvalue weighted by atomic mass is 16.3. The van der Waals surface area contributed by atoms with E-state index in [1.54, 1.807) is 13.0 Å². The first kappa shape index (κ1) is 36.6. The summed E-state index contributed by atoms with van der Waals surface area (Å²) in [4.78, 5) is 11.4. The van der Waals surface area contributed by atoms with Crippen LogP contribution in [-0.2, 0) is 4.79 Å². The Hall–Kier alpha value is -1.39. The third-order valence-corrected chi connectivity index (χ3v) is 7.17. The number of amides is 1. The van der Waals surface area contributed by atoms with Crippen molar-refractivity contribution in [3.63, 3.8) is 0 Å². The molecule has 222 valence electrons. The first-order valence-electron chi connectivity index (χ1n) is 16.2. The normalized spacial score (nSPS) is 13.7. The molecule has 0 aromatic carbocycles. The molecule has 0 radical (unpaired) electrons. The van der Waals surface area contributed by atoms with Gasteiger partial charge >= 0.3 is 0 Å². The lowest BCUT2D eigenvalue weighted by atomic mass is 10.0. The fourth-order valence-electron chi connectivity index (χ4n) is 4.58. The molecule has 4 nitrogen and oxygen atoms in total. The molecule has 38 heavy (non-hydrogen) atoms. The van der Waals surface area contributed by atoms with Crippen LogP contribution in [0, 0.1) is 0 Å². The Labute approximate surface area is 236 Å². The van der Waals surface area contributed by atoms with E-state index in [0.29, 0.717) is 6.42 Å². The van der Waals surface area contributed by atoms with Gasteiger partial charge < -0.3 is 15.5 Å². The molecule has 3 N–H and O–H groups in total. The summed E-state index contributed by atoms with van der Waals surface area (Å²) in [7, 11) is 0. The van der Waals surface area contributed by atoms with Crippen LogP contribution in [0.4, 0.5) is 0 Å². The first-order chi connectivity index (χ1) is 18.7. The van der Waals surface area contributed by atoms with Crippen LogP contribution in [0.5, 0.6) is 0 Å². The van der Waals surface area contributed by atoms with Crippen LogP contribution in [0.15, 0.2) is 36.5 Å². The van der Waals surface area contributed by atoms with E-state index in [4.69, 9.17) is 0 Å². The van der Waals surface area contributed by atoms with Crippen LogP contribution in [0.3, 0.4) is 0 Å². The maximum absolute atomic E-state index is 11.4. The van der Waals surface area contributed by atoms with Crippen molar-refractivity contribution in [2.75, 3.05) is 6.61 Å². The van der Waals surface area contributed by atoms with Crippen LogP contribution in [0.25, 0.3) is 0 Å². The smallest absolute Gasteiger partial charge is 0.220 e. The number of aliphatic hydroxyl groups is 2. The quantitative estimate of drug-likeness (QED) is 0.0693. The minimum absolute atomic E-state index is 0.168. The molecular formula is C34H63NO3. The van der Waals surface area contributed by atoms with Gasteiger partial charge in [-0.3, -0.25) is 4.79 Å². The zero-order valence-corrected chi connectivity index (χ0v) is 25.2. The maximum atomic E-state index is 11.4. The van der Waals surface area contributed by atoms with Gasteiger partial charge in [-0.1, -0.05) is 147 Å². The summed E-state index contributed by atoms with van der Waals surface area (Å²) in [5.41, 5.74) is 0. The van der Waals surface area contributed by atoms with E-state index in [-0.39, 0.29) is 12.5 Å². The summed E-state index contributed by atoms with van der Waals surface area (Å²) in [5, 5.41) is 22.0. The van der Waals surface area contributed by atoms with Crippen molar-refractivity contribution in [3.8, 4) is 0 Å². The van der Waals surface area contributed by atoms with E-state index in [2.05, 4.69) is 36.5 Å². The lowest BCUT2D eigenvalue weighted by Crippen LogP contribution is -2.44. The molecule has 0 saturated carbocycles. The highest BCUT2D eigenvalue weighted by Gasteiger charge is 2.17. The fraction of sp³-hybridized carbons (Fsp3) is 0.794. The number of carbonyl (C=O) groups excluding carboxylic acids is 1. The van der Waals surface area contributed by atoms with Crippen molar-refractivity contribution in [3.05, 3.63) is 36.5 Å². The molecule has 0 bridgehead atoms. The topological polar surface area (TPSA) is 69.6 Å². The van der Waals surface area contributed by atoms with Crippen LogP contribution < -0.4 is 5.32 Å². The van der Waals surface area contributed by atoms with Crippen LogP contribution in [-0.4, -0.2) is 34.9 Å². The molecule has 4 heteroatoms. The van der Waals surface area contributed by atoms with Gasteiger partial charge in [0.2, 0.25) is 5.91 Å². The largest absolute Gasteiger partial charge is 0.394 e. The van der Waals surface area contributed by atoms with E-state index < -0.39 is 12.1 Å². The van der Waals surface area contributed by atoms with Gasteiger partial charge in [-0.25, -0.2) is 0 Å². The van der Waals surface area contributed by atoms with Crippen molar-refractivity contribution in [2.24, 2.45) is 0 Å². The van der Waals surface area contributed by atoms with Gasteiger partial charge in [0.15, 0.2) is 0 Å². The molecule has 1 amide bonds. The molecular weight excluding hydrogens is 470 g/mol. The van der Waals surface area contributed by atoms with Gasteiger partial charge in [-0.05, 0) is 38.5 Å². The van der Waals surface area contributed by atoms with Gasteiger partial charge in [0, 0.05) is 6.42 Å². The molecule has 0 heterocycles. The maximum Gasteiger partial charge on any atom is 0.220 e. The Bertz CT molecular complexity index is 584. The standard InChI is InChI=1S/C34H63NO3/c1-3-5-6-7-8-9-10-11-12-13-14-15-16-17-18-19-20-21-22-23-24-25-26-27-28-29-30-33(37)32(31-36)35-34(38)4-2/h21-22,25-26,29-30,32-33,36-37H,3-20,23-24,27-28,31H2,1-2H3,(H,35,38)/b22-21+,26-25+,30-29+. The molecule has 0 spiro atoms. The molecule has 0 aliphatic rings. The zero-order valence-electron chi connectivity index (χ0n) is 25.2. The van der Waals surface area contributed by atoms with Crippen molar-refractivity contribution >= 4 is 5.91 Å². The number of allylic oxidation sites excluding steroid dienone is 5. The number of aliphatic hydroxyl groups excluding tert-OH is 2. The summed E-state index contributed by atoms with van der Waals surface area (Å²) in [6.45, 7) is 3.76. The molecule has 0 saturated heterocycles. The minimum Gasteiger partial charge on any atom is -0.394 e. The third-order valence-electron chi connectivity index (χ3n) is 7.17. The molecule has 2 atom stereocenters. The first-order valence-corrected chi connectivity index (χ1v) is 16.2. The Morgan fingerprint density at radius 3 is 1.42 bits per heavy atom. The van der Waals surface area contributed by atoms with E-state index in [0.717, 1.165) is 25.7 Å². The number of carbonyl (C=O) groups is 1. The van der Waals surface area contributed by atoms with Crippen molar-refractivity contribution in [1.82, 2.24) is 5.32 Å². The number of nitrogens with one attached hydrogen (secondary N) is 1. The van der Waals surface area contributed by atoms with Gasteiger partial charge in [0.05, 0.1) is 18.8 Å². The second kappa shape index (κ2) is 30.2. The van der Waals surface area contributed by atoms with Gasteiger partial charge in [0.1, 0.15) is 0 Å². The lowest BCUT2D eigenvalue weighted by Gasteiger charge is -2.19. The fourth-order valence-corrected chi connectivity index (χ4v) is 4.58. The number of hydrogen-bond acceptors (Lipinski definition) is 3. The van der Waals surface area contributed by atoms with Crippen molar-refractivity contribution < 1.29 is 15.0 Å². The zero-order chi connectivity index (χ0) is 27.9. The number of unbranched alkanes of at least 4 members (excludes halogenated alkanes) is 18. The molecule has 0 aliphatic heterocycles. The molecule has 0 aliphatic carbocycles. The van der Waals surface area contributed by atoms with Gasteiger partial charge in [-0.2, -0.15) is 0 Å². The van der Waals surface area contributed by atoms with Crippen molar-refractivity contribution in [2.45, 2.75) is 167 Å². The SMILES string of the molecule is CCCCCCCCCCCCCCCCCC/C=C/CC/C=C/CC/C=C/C(O)C(CO)NC(=O)CC. The molecule has 0 rings (SSSR count). The summed E-state index contributed by atoms with van der Waals surface area (Å²) < 4.78 is 0. The van der Waals surface area contributed by atoms with Crippen LogP contribution >= 0.6 is 0 Å². The average molecular weight is 534 g/mol. The molecule has 0 aromatic rings. The minimum atomic E-state index is -0.862. The number of hydrogen-bond donors (Lipinski definition) is 3. The Morgan fingerprint density at radius 1 is 0.605 bits per heavy atom. The highest BCUT2D eigenvalue weighted by molar-refractivity contribution is 5.75.